The number of pyridine rings is 1. The highest BCUT2D eigenvalue weighted by atomic mass is 35.5. The lowest BCUT2D eigenvalue weighted by atomic mass is 10.0. The van der Waals surface area contributed by atoms with Crippen LogP contribution >= 0.6 is 11.6 Å². The highest BCUT2D eigenvalue weighted by Crippen LogP contribution is 2.28. The molecule has 2 heterocycles. The van der Waals surface area contributed by atoms with Gasteiger partial charge in [-0.2, -0.15) is 0 Å². The molecule has 1 aliphatic heterocycles. The van der Waals surface area contributed by atoms with Crippen molar-refractivity contribution in [1.82, 2.24) is 9.88 Å². The number of rotatable bonds is 3. The van der Waals surface area contributed by atoms with Gasteiger partial charge >= 0.3 is 0 Å². The van der Waals surface area contributed by atoms with Crippen LogP contribution < -0.4 is 0 Å². The average Bonchev–Trinajstić information content (AvgIpc) is 2.87. The number of halogens is 1. The van der Waals surface area contributed by atoms with Gasteiger partial charge in [0, 0.05) is 18.7 Å². The molecule has 1 unspecified atom stereocenters. The minimum absolute atomic E-state index is 0.00926. The Kier molecular flexibility index (Phi) is 4.23. The van der Waals surface area contributed by atoms with E-state index in [-0.39, 0.29) is 28.4 Å². The third kappa shape index (κ3) is 2.75. The standard InChI is InChI=1S/C13H16ClN3O3/c1-8(2)11-4-3-5-16(11)13(18)10-6-9(17(19)20)7-15-12(10)14/h6-8,11H,3-5H2,1-2H3. The first-order valence-electron chi connectivity index (χ1n) is 6.52. The van der Waals surface area contributed by atoms with Crippen LogP contribution in [0.3, 0.4) is 0 Å². The Labute approximate surface area is 121 Å². The van der Waals surface area contributed by atoms with E-state index in [2.05, 4.69) is 18.8 Å². The van der Waals surface area contributed by atoms with Crippen LogP contribution in [-0.4, -0.2) is 33.3 Å². The molecule has 0 aliphatic carbocycles. The van der Waals surface area contributed by atoms with E-state index >= 15 is 0 Å². The number of aromatic nitrogens is 1. The topological polar surface area (TPSA) is 76.3 Å². The van der Waals surface area contributed by atoms with Gasteiger partial charge in [-0.05, 0) is 18.8 Å². The summed E-state index contributed by atoms with van der Waals surface area (Å²) in [5, 5.41) is 10.8. The minimum atomic E-state index is -0.579. The molecule has 1 atom stereocenters. The monoisotopic (exact) mass is 297 g/mol. The number of carbonyl (C=O) groups excluding carboxylic acids is 1. The van der Waals surface area contributed by atoms with Crippen LogP contribution in [0.4, 0.5) is 5.69 Å². The number of carbonyl (C=O) groups is 1. The lowest BCUT2D eigenvalue weighted by molar-refractivity contribution is -0.385. The van der Waals surface area contributed by atoms with Gasteiger partial charge in [0.2, 0.25) is 0 Å². The fourth-order valence-corrected chi connectivity index (χ4v) is 2.76. The zero-order valence-electron chi connectivity index (χ0n) is 11.4. The summed E-state index contributed by atoms with van der Waals surface area (Å²) in [6.45, 7) is 4.77. The van der Waals surface area contributed by atoms with E-state index in [1.54, 1.807) is 4.90 Å². The van der Waals surface area contributed by atoms with Crippen molar-refractivity contribution in [2.45, 2.75) is 32.7 Å². The Morgan fingerprint density at radius 3 is 2.90 bits per heavy atom. The molecule has 1 aromatic heterocycles. The summed E-state index contributed by atoms with van der Waals surface area (Å²) in [4.78, 5) is 28.2. The maximum Gasteiger partial charge on any atom is 0.288 e. The minimum Gasteiger partial charge on any atom is -0.335 e. The molecular formula is C13H16ClN3O3. The molecule has 0 spiro atoms. The Bertz CT molecular complexity index is 548. The Morgan fingerprint density at radius 1 is 1.60 bits per heavy atom. The summed E-state index contributed by atoms with van der Waals surface area (Å²) in [6.07, 6.45) is 2.95. The summed E-state index contributed by atoms with van der Waals surface area (Å²) in [7, 11) is 0. The first-order chi connectivity index (χ1) is 9.41. The number of hydrogen-bond acceptors (Lipinski definition) is 4. The van der Waals surface area contributed by atoms with E-state index in [0.29, 0.717) is 12.5 Å². The van der Waals surface area contributed by atoms with E-state index in [1.165, 1.54) is 6.07 Å². The maximum atomic E-state index is 12.5. The average molecular weight is 298 g/mol. The predicted molar refractivity (Wildman–Crippen MR) is 74.8 cm³/mol. The molecule has 1 aliphatic rings. The molecule has 0 saturated carbocycles. The van der Waals surface area contributed by atoms with E-state index in [0.717, 1.165) is 19.0 Å². The third-order valence-corrected chi connectivity index (χ3v) is 3.90. The van der Waals surface area contributed by atoms with Crippen LogP contribution in [0.2, 0.25) is 5.15 Å². The van der Waals surface area contributed by atoms with Gasteiger partial charge in [-0.3, -0.25) is 14.9 Å². The fraction of sp³-hybridized carbons (Fsp3) is 0.538. The molecule has 1 aromatic rings. The van der Waals surface area contributed by atoms with Crippen molar-refractivity contribution in [1.29, 1.82) is 0 Å². The summed E-state index contributed by atoms with van der Waals surface area (Å²) >= 11 is 5.92. The second kappa shape index (κ2) is 5.75. The normalized spacial score (nSPS) is 18.6. The lowest BCUT2D eigenvalue weighted by Crippen LogP contribution is -2.38. The second-order valence-corrected chi connectivity index (χ2v) is 5.60. The molecule has 20 heavy (non-hydrogen) atoms. The summed E-state index contributed by atoms with van der Waals surface area (Å²) < 4.78 is 0. The molecule has 6 nitrogen and oxygen atoms in total. The van der Waals surface area contributed by atoms with Crippen LogP contribution in [0.5, 0.6) is 0 Å². The third-order valence-electron chi connectivity index (χ3n) is 3.60. The first-order valence-corrected chi connectivity index (χ1v) is 6.90. The van der Waals surface area contributed by atoms with Crippen molar-refractivity contribution in [3.05, 3.63) is 33.1 Å². The molecule has 108 valence electrons. The summed E-state index contributed by atoms with van der Waals surface area (Å²) in [6, 6.07) is 1.35. The van der Waals surface area contributed by atoms with E-state index in [9.17, 15) is 14.9 Å². The molecule has 0 aromatic carbocycles. The first kappa shape index (κ1) is 14.7. The SMILES string of the molecule is CC(C)C1CCCN1C(=O)c1cc([N+](=O)[O-])cnc1Cl. The predicted octanol–water partition coefficient (Wildman–Crippen LogP) is 2.90. The van der Waals surface area contributed by atoms with Gasteiger partial charge in [-0.1, -0.05) is 25.4 Å². The number of nitrogens with zero attached hydrogens (tertiary/aromatic N) is 3. The van der Waals surface area contributed by atoms with Gasteiger partial charge in [0.1, 0.15) is 11.3 Å². The molecule has 0 N–H and O–H groups in total. The van der Waals surface area contributed by atoms with Gasteiger partial charge in [0.25, 0.3) is 11.6 Å². The highest BCUT2D eigenvalue weighted by Gasteiger charge is 2.33. The Balaban J connectivity index is 2.33. The maximum absolute atomic E-state index is 12.5. The lowest BCUT2D eigenvalue weighted by Gasteiger charge is -2.27. The summed E-state index contributed by atoms with van der Waals surface area (Å²) in [5.41, 5.74) is -0.119. The molecule has 0 bridgehead atoms. The van der Waals surface area contributed by atoms with Gasteiger partial charge < -0.3 is 4.90 Å². The molecule has 2 rings (SSSR count). The van der Waals surface area contributed by atoms with Crippen molar-refractivity contribution in [3.63, 3.8) is 0 Å². The molecule has 0 radical (unpaired) electrons. The molecule has 1 fully saturated rings. The fourth-order valence-electron chi connectivity index (χ4n) is 2.58. The number of nitro groups is 1. The molecule has 1 amide bonds. The van der Waals surface area contributed by atoms with Crippen molar-refractivity contribution in [3.8, 4) is 0 Å². The smallest absolute Gasteiger partial charge is 0.288 e. The van der Waals surface area contributed by atoms with Crippen LogP contribution in [0.15, 0.2) is 12.3 Å². The zero-order chi connectivity index (χ0) is 14.9. The van der Waals surface area contributed by atoms with Crippen molar-refractivity contribution >= 4 is 23.2 Å². The molecular weight excluding hydrogens is 282 g/mol. The van der Waals surface area contributed by atoms with E-state index in [1.807, 2.05) is 0 Å². The van der Waals surface area contributed by atoms with Crippen molar-refractivity contribution < 1.29 is 9.72 Å². The van der Waals surface area contributed by atoms with E-state index < -0.39 is 4.92 Å². The Morgan fingerprint density at radius 2 is 2.30 bits per heavy atom. The van der Waals surface area contributed by atoms with E-state index in [4.69, 9.17) is 11.6 Å². The molecule has 1 saturated heterocycles. The van der Waals surface area contributed by atoms with Gasteiger partial charge in [-0.15, -0.1) is 0 Å². The van der Waals surface area contributed by atoms with Crippen molar-refractivity contribution in [2.75, 3.05) is 6.54 Å². The van der Waals surface area contributed by atoms with Crippen molar-refractivity contribution in [2.24, 2.45) is 5.92 Å². The van der Waals surface area contributed by atoms with Crippen LogP contribution in [-0.2, 0) is 0 Å². The quantitative estimate of drug-likeness (QED) is 0.488. The zero-order valence-corrected chi connectivity index (χ0v) is 12.1. The van der Waals surface area contributed by atoms with Gasteiger partial charge in [0.05, 0.1) is 10.5 Å². The largest absolute Gasteiger partial charge is 0.335 e. The number of amides is 1. The van der Waals surface area contributed by atoms with Crippen LogP contribution in [0.25, 0.3) is 0 Å². The highest BCUT2D eigenvalue weighted by molar-refractivity contribution is 6.32. The Hall–Kier alpha value is -1.69. The number of likely N-dealkylation sites (tertiary alicyclic amines) is 1. The molecule has 7 heteroatoms. The van der Waals surface area contributed by atoms with Gasteiger partial charge in [-0.25, -0.2) is 4.98 Å². The van der Waals surface area contributed by atoms with Gasteiger partial charge in [0.15, 0.2) is 0 Å². The number of hydrogen-bond donors (Lipinski definition) is 0. The second-order valence-electron chi connectivity index (χ2n) is 5.24. The van der Waals surface area contributed by atoms with Crippen LogP contribution in [0, 0.1) is 16.0 Å². The van der Waals surface area contributed by atoms with Crippen LogP contribution in [0.1, 0.15) is 37.0 Å². The summed E-state index contributed by atoms with van der Waals surface area (Å²) in [5.74, 6) is 0.0642.